The largest absolute Gasteiger partial charge is 0.417 e. The van der Waals surface area contributed by atoms with Crippen molar-refractivity contribution in [3.05, 3.63) is 29.7 Å². The Hall–Kier alpha value is -1.92. The monoisotopic (exact) mass is 296 g/mol. The van der Waals surface area contributed by atoms with Crippen LogP contribution in [0.15, 0.2) is 18.3 Å². The minimum absolute atomic E-state index is 0.348. The summed E-state index contributed by atoms with van der Waals surface area (Å²) in [5.41, 5.74) is -0.421. The zero-order valence-corrected chi connectivity index (χ0v) is 11.3. The van der Waals surface area contributed by atoms with E-state index in [9.17, 15) is 13.2 Å². The SMILES string of the molecule is FC(F)(F)c1ccc(-c2n[nH]c(C3CCCCC3)n2)nc1. The maximum atomic E-state index is 12.5. The van der Waals surface area contributed by atoms with Crippen LogP contribution in [-0.2, 0) is 6.18 Å². The number of nitrogens with zero attached hydrogens (tertiary/aromatic N) is 3. The predicted molar refractivity (Wildman–Crippen MR) is 70.4 cm³/mol. The zero-order chi connectivity index (χ0) is 14.9. The molecule has 0 unspecified atom stereocenters. The van der Waals surface area contributed by atoms with Gasteiger partial charge in [-0.05, 0) is 25.0 Å². The number of pyridine rings is 1. The highest BCUT2D eigenvalue weighted by Crippen LogP contribution is 2.32. The van der Waals surface area contributed by atoms with Crippen molar-refractivity contribution in [1.29, 1.82) is 0 Å². The molecule has 1 saturated carbocycles. The molecule has 1 fully saturated rings. The van der Waals surface area contributed by atoms with Crippen molar-refractivity contribution in [2.45, 2.75) is 44.2 Å². The molecule has 0 aliphatic heterocycles. The topological polar surface area (TPSA) is 54.5 Å². The number of aromatic amines is 1. The van der Waals surface area contributed by atoms with Gasteiger partial charge in [-0.15, -0.1) is 0 Å². The van der Waals surface area contributed by atoms with Gasteiger partial charge in [0.2, 0.25) is 0 Å². The van der Waals surface area contributed by atoms with Crippen LogP contribution in [0.25, 0.3) is 11.5 Å². The molecule has 2 aromatic heterocycles. The lowest BCUT2D eigenvalue weighted by Crippen LogP contribution is -2.06. The van der Waals surface area contributed by atoms with E-state index in [0.717, 1.165) is 30.9 Å². The van der Waals surface area contributed by atoms with E-state index in [-0.39, 0.29) is 0 Å². The van der Waals surface area contributed by atoms with E-state index in [4.69, 9.17) is 0 Å². The first-order chi connectivity index (χ1) is 10.0. The number of hydrogen-bond acceptors (Lipinski definition) is 3. The van der Waals surface area contributed by atoms with Crippen molar-refractivity contribution in [3.63, 3.8) is 0 Å². The number of halogens is 3. The van der Waals surface area contributed by atoms with Gasteiger partial charge in [0.1, 0.15) is 11.5 Å². The van der Waals surface area contributed by atoms with Crippen molar-refractivity contribution < 1.29 is 13.2 Å². The molecule has 7 heteroatoms. The quantitative estimate of drug-likeness (QED) is 0.913. The summed E-state index contributed by atoms with van der Waals surface area (Å²) in [6.45, 7) is 0. The van der Waals surface area contributed by atoms with Crippen molar-refractivity contribution in [2.75, 3.05) is 0 Å². The van der Waals surface area contributed by atoms with Crippen molar-refractivity contribution in [1.82, 2.24) is 20.2 Å². The Balaban J connectivity index is 1.79. The summed E-state index contributed by atoms with van der Waals surface area (Å²) in [7, 11) is 0. The molecule has 0 radical (unpaired) electrons. The molecule has 3 rings (SSSR count). The van der Waals surface area contributed by atoms with Gasteiger partial charge in [-0.1, -0.05) is 19.3 Å². The minimum atomic E-state index is -4.38. The molecule has 0 spiro atoms. The molecule has 0 amide bonds. The van der Waals surface area contributed by atoms with Crippen molar-refractivity contribution >= 4 is 0 Å². The normalized spacial score (nSPS) is 17.1. The molecule has 1 aliphatic rings. The summed E-state index contributed by atoms with van der Waals surface area (Å²) < 4.78 is 37.5. The molecule has 0 bridgehead atoms. The molecule has 2 aromatic rings. The predicted octanol–water partition coefficient (Wildman–Crippen LogP) is 3.93. The Kier molecular flexibility index (Phi) is 3.65. The molecule has 112 valence electrons. The van der Waals surface area contributed by atoms with Crippen LogP contribution in [0.1, 0.15) is 49.4 Å². The Morgan fingerprint density at radius 2 is 1.86 bits per heavy atom. The van der Waals surface area contributed by atoms with Crippen LogP contribution in [0.4, 0.5) is 13.2 Å². The third-order valence-electron chi connectivity index (χ3n) is 3.81. The summed E-state index contributed by atoms with van der Waals surface area (Å²) in [6.07, 6.45) is 2.20. The number of aromatic nitrogens is 4. The lowest BCUT2D eigenvalue weighted by molar-refractivity contribution is -0.137. The summed E-state index contributed by atoms with van der Waals surface area (Å²) in [6, 6.07) is 2.30. The second-order valence-corrected chi connectivity index (χ2v) is 5.31. The fourth-order valence-electron chi connectivity index (χ4n) is 2.64. The van der Waals surface area contributed by atoms with Crippen LogP contribution in [0.5, 0.6) is 0 Å². The Morgan fingerprint density at radius 1 is 1.10 bits per heavy atom. The first kappa shape index (κ1) is 14.0. The number of H-pyrrole nitrogens is 1. The van der Waals surface area contributed by atoms with Gasteiger partial charge in [-0.25, -0.2) is 4.98 Å². The van der Waals surface area contributed by atoms with Gasteiger partial charge in [0.05, 0.1) is 5.56 Å². The van der Waals surface area contributed by atoms with Gasteiger partial charge in [0, 0.05) is 12.1 Å². The van der Waals surface area contributed by atoms with E-state index >= 15 is 0 Å². The second kappa shape index (κ2) is 5.46. The third-order valence-corrected chi connectivity index (χ3v) is 3.81. The van der Waals surface area contributed by atoms with Crippen LogP contribution < -0.4 is 0 Å². The van der Waals surface area contributed by atoms with E-state index in [1.807, 2.05) is 0 Å². The Labute approximate surface area is 119 Å². The molecule has 0 saturated heterocycles. The smallest absolute Gasteiger partial charge is 0.262 e. The summed E-state index contributed by atoms with van der Waals surface area (Å²) in [4.78, 5) is 8.19. The van der Waals surface area contributed by atoms with Crippen LogP contribution in [-0.4, -0.2) is 20.2 Å². The molecular weight excluding hydrogens is 281 g/mol. The fraction of sp³-hybridized carbons (Fsp3) is 0.500. The molecular formula is C14H15F3N4. The van der Waals surface area contributed by atoms with Crippen LogP contribution >= 0.6 is 0 Å². The molecule has 1 aliphatic carbocycles. The van der Waals surface area contributed by atoms with Gasteiger partial charge in [-0.2, -0.15) is 18.3 Å². The number of rotatable bonds is 2. The lowest BCUT2D eigenvalue weighted by Gasteiger charge is -2.18. The molecule has 2 heterocycles. The highest BCUT2D eigenvalue weighted by molar-refractivity contribution is 5.48. The average Bonchev–Trinajstić information content (AvgIpc) is 2.97. The van der Waals surface area contributed by atoms with Crippen LogP contribution in [0.2, 0.25) is 0 Å². The highest BCUT2D eigenvalue weighted by Gasteiger charge is 2.30. The Morgan fingerprint density at radius 3 is 2.48 bits per heavy atom. The van der Waals surface area contributed by atoms with Crippen LogP contribution in [0.3, 0.4) is 0 Å². The Bertz CT molecular complexity index is 597. The second-order valence-electron chi connectivity index (χ2n) is 5.31. The van der Waals surface area contributed by atoms with Crippen LogP contribution in [0, 0.1) is 0 Å². The van der Waals surface area contributed by atoms with Crippen molar-refractivity contribution in [2.24, 2.45) is 0 Å². The van der Waals surface area contributed by atoms with E-state index in [1.54, 1.807) is 0 Å². The number of alkyl halides is 3. The minimum Gasteiger partial charge on any atom is -0.262 e. The highest BCUT2D eigenvalue weighted by atomic mass is 19.4. The fourth-order valence-corrected chi connectivity index (χ4v) is 2.64. The summed E-state index contributed by atoms with van der Waals surface area (Å²) in [5.74, 6) is 1.53. The van der Waals surface area contributed by atoms with E-state index in [2.05, 4.69) is 20.2 Å². The van der Waals surface area contributed by atoms with Gasteiger partial charge in [0.25, 0.3) is 0 Å². The zero-order valence-electron chi connectivity index (χ0n) is 11.3. The van der Waals surface area contributed by atoms with E-state index in [0.29, 0.717) is 17.4 Å². The van der Waals surface area contributed by atoms with E-state index in [1.165, 1.54) is 25.3 Å². The van der Waals surface area contributed by atoms with Crippen molar-refractivity contribution in [3.8, 4) is 11.5 Å². The van der Waals surface area contributed by atoms with Gasteiger partial charge >= 0.3 is 6.18 Å². The number of hydrogen-bond donors (Lipinski definition) is 1. The third kappa shape index (κ3) is 3.06. The summed E-state index contributed by atoms with van der Waals surface area (Å²) >= 11 is 0. The first-order valence-electron chi connectivity index (χ1n) is 7.00. The molecule has 0 aromatic carbocycles. The average molecular weight is 296 g/mol. The lowest BCUT2D eigenvalue weighted by atomic mass is 9.89. The molecule has 21 heavy (non-hydrogen) atoms. The van der Waals surface area contributed by atoms with E-state index < -0.39 is 11.7 Å². The first-order valence-corrected chi connectivity index (χ1v) is 7.00. The van der Waals surface area contributed by atoms with Gasteiger partial charge in [0.15, 0.2) is 5.82 Å². The van der Waals surface area contributed by atoms with Gasteiger partial charge in [-0.3, -0.25) is 10.1 Å². The molecule has 4 nitrogen and oxygen atoms in total. The summed E-state index contributed by atoms with van der Waals surface area (Å²) in [5, 5.41) is 6.97. The van der Waals surface area contributed by atoms with Gasteiger partial charge < -0.3 is 0 Å². The molecule has 1 N–H and O–H groups in total. The molecule has 0 atom stereocenters. The maximum Gasteiger partial charge on any atom is 0.417 e. The standard InChI is InChI=1S/C14H15F3N4/c15-14(16,17)10-6-7-11(18-8-10)13-19-12(20-21-13)9-4-2-1-3-5-9/h6-9H,1-5H2,(H,19,20,21). The number of nitrogens with one attached hydrogen (secondary N) is 1. The maximum absolute atomic E-state index is 12.5.